The summed E-state index contributed by atoms with van der Waals surface area (Å²) in [6, 6.07) is 0. The highest BCUT2D eigenvalue weighted by Crippen LogP contribution is 2.65. The molecule has 0 N–H and O–H groups in total. The van der Waals surface area contributed by atoms with Crippen LogP contribution in [0.2, 0.25) is 0 Å². The fourth-order valence-electron chi connectivity index (χ4n) is 5.19. The molecule has 5 nitrogen and oxygen atoms in total. The van der Waals surface area contributed by atoms with E-state index in [0.717, 1.165) is 6.42 Å². The summed E-state index contributed by atoms with van der Waals surface area (Å²) in [5.41, 5.74) is -0.417. The van der Waals surface area contributed by atoms with E-state index < -0.39 is 11.2 Å². The lowest BCUT2D eigenvalue weighted by Crippen LogP contribution is -2.63. The van der Waals surface area contributed by atoms with Gasteiger partial charge in [-0.05, 0) is 24.3 Å². The molecular formula is C19H26O5. The Hall–Kier alpha value is -1.01. The molecule has 0 aromatic heterocycles. The highest BCUT2D eigenvalue weighted by atomic mass is 16.7. The molecule has 1 aliphatic heterocycles. The maximum Gasteiger partial charge on any atom is 0.237 e. The zero-order chi connectivity index (χ0) is 17.2. The number of methoxy groups -OCH3 is 2. The zero-order valence-corrected chi connectivity index (χ0v) is 14.8. The van der Waals surface area contributed by atoms with Crippen LogP contribution in [-0.2, 0) is 23.7 Å². The van der Waals surface area contributed by atoms with Gasteiger partial charge in [-0.1, -0.05) is 32.1 Å². The lowest BCUT2D eigenvalue weighted by atomic mass is 9.60. The molecule has 3 aliphatic carbocycles. The minimum Gasteiger partial charge on any atom is -0.351 e. The summed E-state index contributed by atoms with van der Waals surface area (Å²) in [4.78, 5) is 12.7. The predicted octanol–water partition coefficient (Wildman–Crippen LogP) is 2.32. The molecular weight excluding hydrogens is 308 g/mol. The van der Waals surface area contributed by atoms with Gasteiger partial charge < -0.3 is 18.9 Å². The highest BCUT2D eigenvalue weighted by molar-refractivity contribution is 5.97. The summed E-state index contributed by atoms with van der Waals surface area (Å²) in [5, 5.41) is 0. The van der Waals surface area contributed by atoms with Gasteiger partial charge in [0.15, 0.2) is 6.29 Å². The molecule has 0 unspecified atom stereocenters. The number of ether oxygens (including phenoxy) is 4. The number of rotatable bonds is 3. The molecule has 4 aliphatic rings. The Bertz CT molecular complexity index is 593. The topological polar surface area (TPSA) is 54.0 Å². The van der Waals surface area contributed by atoms with E-state index in [-0.39, 0.29) is 35.2 Å². The monoisotopic (exact) mass is 334 g/mol. The van der Waals surface area contributed by atoms with E-state index in [1.807, 2.05) is 6.08 Å². The summed E-state index contributed by atoms with van der Waals surface area (Å²) in [5.74, 6) is -1.04. The van der Waals surface area contributed by atoms with Crippen LogP contribution in [-0.4, -0.2) is 45.3 Å². The minimum atomic E-state index is -1.27. The lowest BCUT2D eigenvalue weighted by Gasteiger charge is -2.54. The molecule has 1 heterocycles. The van der Waals surface area contributed by atoms with Gasteiger partial charge in [0.1, 0.15) is 0 Å². The summed E-state index contributed by atoms with van der Waals surface area (Å²) in [6.07, 6.45) is 8.63. The number of ketones is 1. The molecule has 0 aromatic rings. The second-order valence-corrected chi connectivity index (χ2v) is 8.26. The quantitative estimate of drug-likeness (QED) is 0.586. The molecule has 2 fully saturated rings. The SMILES string of the molecule is COC1(OC)C(=O)C=C[C@@]2(C3OCC(C)(C)CO3)[C@H]3C=C[C@H](C3)[C@@H]12. The third-order valence-corrected chi connectivity index (χ3v) is 6.27. The summed E-state index contributed by atoms with van der Waals surface area (Å²) in [6.45, 7) is 5.55. The number of hydrogen-bond donors (Lipinski definition) is 0. The van der Waals surface area contributed by atoms with Gasteiger partial charge in [-0.15, -0.1) is 0 Å². The van der Waals surface area contributed by atoms with Crippen molar-refractivity contribution in [2.45, 2.75) is 32.3 Å². The Labute approximate surface area is 143 Å². The Morgan fingerprint density at radius 2 is 1.79 bits per heavy atom. The van der Waals surface area contributed by atoms with Crippen molar-refractivity contribution in [2.75, 3.05) is 27.4 Å². The zero-order valence-electron chi connectivity index (χ0n) is 14.8. The Balaban J connectivity index is 1.79. The molecule has 132 valence electrons. The van der Waals surface area contributed by atoms with Crippen LogP contribution >= 0.6 is 0 Å². The van der Waals surface area contributed by atoms with Crippen LogP contribution in [0.15, 0.2) is 24.3 Å². The van der Waals surface area contributed by atoms with Crippen LogP contribution in [0.1, 0.15) is 20.3 Å². The van der Waals surface area contributed by atoms with Gasteiger partial charge in [0.05, 0.1) is 18.6 Å². The van der Waals surface area contributed by atoms with Crippen LogP contribution in [0.25, 0.3) is 0 Å². The Morgan fingerprint density at radius 3 is 2.42 bits per heavy atom. The first kappa shape index (κ1) is 16.5. The fourth-order valence-corrected chi connectivity index (χ4v) is 5.19. The molecule has 0 radical (unpaired) electrons. The van der Waals surface area contributed by atoms with E-state index in [4.69, 9.17) is 18.9 Å². The molecule has 0 amide bonds. The van der Waals surface area contributed by atoms with Crippen molar-refractivity contribution in [2.24, 2.45) is 28.6 Å². The van der Waals surface area contributed by atoms with Crippen LogP contribution in [0.5, 0.6) is 0 Å². The molecule has 5 heteroatoms. The van der Waals surface area contributed by atoms with Gasteiger partial charge >= 0.3 is 0 Å². The second-order valence-electron chi connectivity index (χ2n) is 8.26. The first-order valence-corrected chi connectivity index (χ1v) is 8.65. The van der Waals surface area contributed by atoms with E-state index in [2.05, 4.69) is 26.0 Å². The van der Waals surface area contributed by atoms with E-state index in [1.165, 1.54) is 0 Å². The first-order chi connectivity index (χ1) is 11.4. The third-order valence-electron chi connectivity index (χ3n) is 6.27. The summed E-state index contributed by atoms with van der Waals surface area (Å²) >= 11 is 0. The van der Waals surface area contributed by atoms with Crippen molar-refractivity contribution in [3.05, 3.63) is 24.3 Å². The second kappa shape index (κ2) is 5.24. The number of carbonyl (C=O) groups excluding carboxylic acids is 1. The Morgan fingerprint density at radius 1 is 1.12 bits per heavy atom. The largest absolute Gasteiger partial charge is 0.351 e. The average molecular weight is 334 g/mol. The van der Waals surface area contributed by atoms with Gasteiger partial charge in [0, 0.05) is 25.6 Å². The van der Waals surface area contributed by atoms with Crippen LogP contribution in [0, 0.1) is 28.6 Å². The van der Waals surface area contributed by atoms with Crippen molar-refractivity contribution < 1.29 is 23.7 Å². The van der Waals surface area contributed by atoms with Crippen LogP contribution in [0.3, 0.4) is 0 Å². The van der Waals surface area contributed by atoms with Crippen molar-refractivity contribution >= 4 is 5.78 Å². The number of hydrogen-bond acceptors (Lipinski definition) is 5. The van der Waals surface area contributed by atoms with Gasteiger partial charge in [0.25, 0.3) is 0 Å². The third kappa shape index (κ3) is 1.93. The molecule has 2 bridgehead atoms. The van der Waals surface area contributed by atoms with Crippen LogP contribution in [0.4, 0.5) is 0 Å². The van der Waals surface area contributed by atoms with Gasteiger partial charge in [-0.2, -0.15) is 0 Å². The Kier molecular flexibility index (Phi) is 3.59. The molecule has 24 heavy (non-hydrogen) atoms. The predicted molar refractivity (Wildman–Crippen MR) is 87.0 cm³/mol. The first-order valence-electron chi connectivity index (χ1n) is 8.65. The van der Waals surface area contributed by atoms with Gasteiger partial charge in [0.2, 0.25) is 11.6 Å². The van der Waals surface area contributed by atoms with Gasteiger partial charge in [-0.25, -0.2) is 0 Å². The van der Waals surface area contributed by atoms with Gasteiger partial charge in [-0.3, -0.25) is 4.79 Å². The van der Waals surface area contributed by atoms with Crippen LogP contribution < -0.4 is 0 Å². The van der Waals surface area contributed by atoms with E-state index in [1.54, 1.807) is 20.3 Å². The molecule has 0 aromatic carbocycles. The average Bonchev–Trinajstić information content (AvgIpc) is 3.16. The summed E-state index contributed by atoms with van der Waals surface area (Å²) in [7, 11) is 3.10. The van der Waals surface area contributed by atoms with E-state index in [9.17, 15) is 4.79 Å². The van der Waals surface area contributed by atoms with E-state index >= 15 is 0 Å². The number of carbonyl (C=O) groups is 1. The molecule has 4 atom stereocenters. The molecule has 4 rings (SSSR count). The molecule has 0 spiro atoms. The maximum atomic E-state index is 12.7. The number of fused-ring (bicyclic) bond motifs is 5. The molecule has 1 saturated carbocycles. The van der Waals surface area contributed by atoms with Crippen molar-refractivity contribution in [3.63, 3.8) is 0 Å². The number of allylic oxidation sites excluding steroid dienone is 2. The fraction of sp³-hybridized carbons (Fsp3) is 0.737. The van der Waals surface area contributed by atoms with Crippen molar-refractivity contribution in [1.82, 2.24) is 0 Å². The minimum absolute atomic E-state index is 0.00387. The smallest absolute Gasteiger partial charge is 0.237 e. The standard InChI is InChI=1S/C19H26O5/c1-17(2)10-23-16(24-11-17)18-8-7-14(20)19(21-3,22-4)15(18)12-5-6-13(18)9-12/h5-8,12-13,15-16H,9-11H2,1-4H3/t12-,13+,15-,18-/m1/s1. The van der Waals surface area contributed by atoms with Crippen molar-refractivity contribution in [1.29, 1.82) is 0 Å². The lowest BCUT2D eigenvalue weighted by molar-refractivity contribution is -0.307. The molecule has 1 saturated heterocycles. The maximum absolute atomic E-state index is 12.7. The summed E-state index contributed by atoms with van der Waals surface area (Å²) < 4.78 is 23.7. The van der Waals surface area contributed by atoms with E-state index in [0.29, 0.717) is 13.2 Å². The van der Waals surface area contributed by atoms with Crippen molar-refractivity contribution in [3.8, 4) is 0 Å². The normalized spacial score (nSPS) is 42.5. The highest BCUT2D eigenvalue weighted by Gasteiger charge is 2.70.